The van der Waals surface area contributed by atoms with Crippen molar-refractivity contribution in [2.45, 2.75) is 19.0 Å². The third-order valence-corrected chi connectivity index (χ3v) is 6.22. The Bertz CT molecular complexity index is 899. The van der Waals surface area contributed by atoms with Gasteiger partial charge >= 0.3 is 13.8 Å². The molecule has 0 amide bonds. The van der Waals surface area contributed by atoms with Gasteiger partial charge in [-0.25, -0.2) is 13.9 Å². The summed E-state index contributed by atoms with van der Waals surface area (Å²) in [5, 5.41) is 0.986. The number of methoxy groups -OCH3 is 1. The third-order valence-electron chi connectivity index (χ3n) is 4.29. The predicted octanol–water partition coefficient (Wildman–Crippen LogP) is 3.12. The van der Waals surface area contributed by atoms with E-state index in [4.69, 9.17) is 30.9 Å². The van der Waals surface area contributed by atoms with Crippen LogP contribution in [0.25, 0.3) is 0 Å². The van der Waals surface area contributed by atoms with Crippen molar-refractivity contribution in [1.82, 2.24) is 4.90 Å². The number of rotatable bonds is 7. The van der Waals surface area contributed by atoms with Crippen LogP contribution in [0.5, 0.6) is 5.06 Å². The minimum atomic E-state index is -4.58. The molecule has 1 aliphatic heterocycles. The van der Waals surface area contributed by atoms with Gasteiger partial charge in [-0.1, -0.05) is 29.8 Å². The molecular formula is C17H19ClNO7PS. The monoisotopic (exact) mass is 447 g/mol. The van der Waals surface area contributed by atoms with Crippen LogP contribution in [-0.4, -0.2) is 41.1 Å². The Labute approximate surface area is 170 Å². The number of carbonyl (C=O) groups is 1. The Morgan fingerprint density at radius 3 is 2.82 bits per heavy atom. The van der Waals surface area contributed by atoms with E-state index in [-0.39, 0.29) is 0 Å². The van der Waals surface area contributed by atoms with Gasteiger partial charge in [0.1, 0.15) is 6.04 Å². The average molecular weight is 448 g/mol. The predicted molar refractivity (Wildman–Crippen MR) is 103 cm³/mol. The summed E-state index contributed by atoms with van der Waals surface area (Å²) in [6.07, 6.45) is 0.695. The van der Waals surface area contributed by atoms with E-state index in [0.717, 1.165) is 10.4 Å². The van der Waals surface area contributed by atoms with E-state index in [1.807, 2.05) is 11.0 Å². The zero-order valence-corrected chi connectivity index (χ0v) is 17.4. The van der Waals surface area contributed by atoms with Crippen molar-refractivity contribution in [3.8, 4) is 5.06 Å². The van der Waals surface area contributed by atoms with Gasteiger partial charge in [0, 0.05) is 23.0 Å². The Kier molecular flexibility index (Phi) is 6.77. The summed E-state index contributed by atoms with van der Waals surface area (Å²) in [5.41, 5.74) is 1.66. The smallest absolute Gasteiger partial charge is 0.468 e. The molecule has 1 aromatic heterocycles. The molecule has 11 heteroatoms. The van der Waals surface area contributed by atoms with Gasteiger partial charge in [0.05, 0.1) is 7.11 Å². The van der Waals surface area contributed by atoms with Crippen molar-refractivity contribution in [3.63, 3.8) is 0 Å². The fourth-order valence-electron chi connectivity index (χ4n) is 3.05. The first-order valence-corrected chi connectivity index (χ1v) is 11.0. The maximum Gasteiger partial charge on any atom is 0.472 e. The molecule has 0 spiro atoms. The first-order chi connectivity index (χ1) is 13.3. The van der Waals surface area contributed by atoms with E-state index in [2.05, 4.69) is 4.52 Å². The second kappa shape index (κ2) is 8.92. The van der Waals surface area contributed by atoms with Crippen molar-refractivity contribution < 1.29 is 33.1 Å². The molecule has 0 unspecified atom stereocenters. The highest BCUT2D eigenvalue weighted by molar-refractivity contribution is 7.46. The number of fused-ring (bicyclic) bond motifs is 1. The van der Waals surface area contributed by atoms with Crippen LogP contribution in [-0.2, 0) is 31.6 Å². The summed E-state index contributed by atoms with van der Waals surface area (Å²) < 4.78 is 25.3. The molecule has 2 heterocycles. The van der Waals surface area contributed by atoms with Crippen LogP contribution in [0.2, 0.25) is 5.02 Å². The number of ether oxygens (including phenoxy) is 2. The average Bonchev–Trinajstić information content (AvgIpc) is 3.04. The Morgan fingerprint density at radius 1 is 1.39 bits per heavy atom. The molecular weight excluding hydrogens is 429 g/mol. The van der Waals surface area contributed by atoms with Crippen molar-refractivity contribution in [3.05, 3.63) is 51.4 Å². The number of nitrogens with zero attached hydrogens (tertiary/aromatic N) is 1. The number of hydrogen-bond acceptors (Lipinski definition) is 7. The highest BCUT2D eigenvalue weighted by atomic mass is 35.5. The van der Waals surface area contributed by atoms with Crippen molar-refractivity contribution in [2.24, 2.45) is 0 Å². The molecule has 0 saturated carbocycles. The molecule has 28 heavy (non-hydrogen) atoms. The largest absolute Gasteiger partial charge is 0.472 e. The zero-order chi connectivity index (χ0) is 20.3. The number of carbonyl (C=O) groups excluding carboxylic acids is 1. The highest BCUT2D eigenvalue weighted by Gasteiger charge is 2.33. The van der Waals surface area contributed by atoms with Gasteiger partial charge in [-0.3, -0.25) is 4.90 Å². The van der Waals surface area contributed by atoms with E-state index in [9.17, 15) is 9.36 Å². The molecule has 2 N–H and O–H groups in total. The Hall–Kier alpha value is -1.45. The number of thiophene rings is 1. The summed E-state index contributed by atoms with van der Waals surface area (Å²) in [6, 6.07) is 8.33. The zero-order valence-electron chi connectivity index (χ0n) is 14.9. The van der Waals surface area contributed by atoms with Crippen LogP contribution >= 0.6 is 30.8 Å². The molecule has 0 radical (unpaired) electrons. The number of hydrogen-bond donors (Lipinski definition) is 2. The summed E-state index contributed by atoms with van der Waals surface area (Å²) in [5.74, 6) is -0.390. The summed E-state index contributed by atoms with van der Waals surface area (Å²) >= 11 is 7.70. The van der Waals surface area contributed by atoms with Gasteiger partial charge in [-0.15, -0.1) is 11.3 Å². The van der Waals surface area contributed by atoms with Gasteiger partial charge in [0.2, 0.25) is 6.79 Å². The lowest BCUT2D eigenvalue weighted by atomic mass is 10.0. The lowest BCUT2D eigenvalue weighted by Crippen LogP contribution is -2.38. The number of benzene rings is 1. The van der Waals surface area contributed by atoms with Crippen LogP contribution in [0.3, 0.4) is 0 Å². The Balaban J connectivity index is 1.76. The molecule has 0 fully saturated rings. The third kappa shape index (κ3) is 5.12. The lowest BCUT2D eigenvalue weighted by molar-refractivity contribution is -0.147. The molecule has 152 valence electrons. The molecule has 2 aromatic rings. The minimum absolute atomic E-state index is 0.390. The molecule has 1 aromatic carbocycles. The maximum atomic E-state index is 12.5. The molecule has 0 saturated heterocycles. The first-order valence-electron chi connectivity index (χ1n) is 8.29. The van der Waals surface area contributed by atoms with Gasteiger partial charge in [0.25, 0.3) is 0 Å². The molecule has 3 rings (SSSR count). The number of phosphoric ester groups is 1. The van der Waals surface area contributed by atoms with E-state index in [1.165, 1.54) is 18.4 Å². The van der Waals surface area contributed by atoms with E-state index >= 15 is 0 Å². The van der Waals surface area contributed by atoms with Crippen LogP contribution in [0, 0.1) is 0 Å². The van der Waals surface area contributed by atoms with Crippen molar-refractivity contribution in [1.29, 1.82) is 0 Å². The van der Waals surface area contributed by atoms with Gasteiger partial charge < -0.3 is 19.3 Å². The molecule has 1 atom stereocenters. The minimum Gasteiger partial charge on any atom is -0.468 e. The summed E-state index contributed by atoms with van der Waals surface area (Å²) in [7, 11) is -3.23. The van der Waals surface area contributed by atoms with Gasteiger partial charge in [0.15, 0.2) is 5.06 Å². The first kappa shape index (κ1) is 21.3. The fraction of sp³-hybridized carbons (Fsp3) is 0.353. The molecule has 0 aliphatic carbocycles. The summed E-state index contributed by atoms with van der Waals surface area (Å²) in [6.45, 7) is 0.564. The van der Waals surface area contributed by atoms with Crippen molar-refractivity contribution in [2.75, 3.05) is 20.4 Å². The van der Waals surface area contributed by atoms with Gasteiger partial charge in [-0.2, -0.15) is 0 Å². The summed E-state index contributed by atoms with van der Waals surface area (Å²) in [4.78, 5) is 33.0. The number of esters is 1. The second-order valence-corrected chi connectivity index (χ2v) is 8.81. The van der Waals surface area contributed by atoms with Gasteiger partial charge in [-0.05, 0) is 29.7 Å². The van der Waals surface area contributed by atoms with E-state index in [0.29, 0.717) is 35.2 Å². The lowest BCUT2D eigenvalue weighted by Gasteiger charge is -2.33. The number of halogens is 1. The van der Waals surface area contributed by atoms with Crippen LogP contribution in [0.15, 0.2) is 30.3 Å². The highest BCUT2D eigenvalue weighted by Crippen LogP contribution is 2.39. The van der Waals surface area contributed by atoms with E-state index in [1.54, 1.807) is 24.3 Å². The topological polar surface area (TPSA) is 106 Å². The Morgan fingerprint density at radius 2 is 2.14 bits per heavy atom. The standard InChI is InChI=1S/C17H19ClNO7PS/c1-24-17(20)16(12-4-2-3-5-13(12)18)19-7-6-14-11(9-19)8-15(28-14)25-10-26-27(21,22)23/h2-5,8,16H,6-7,9-10H2,1H3,(H2,21,22,23)/t16-/m0/s1. The molecule has 1 aliphatic rings. The maximum absolute atomic E-state index is 12.5. The normalized spacial score (nSPS) is 15.7. The van der Waals surface area contributed by atoms with Crippen LogP contribution in [0.1, 0.15) is 22.0 Å². The van der Waals surface area contributed by atoms with Crippen LogP contribution in [0.4, 0.5) is 0 Å². The SMILES string of the molecule is COC(=O)[C@H](c1ccccc1Cl)N1CCc2sc(OCOP(=O)(O)O)cc2C1. The second-order valence-electron chi connectivity index (χ2n) is 6.06. The number of phosphoric acid groups is 1. The quantitative estimate of drug-likeness (QED) is 0.379. The van der Waals surface area contributed by atoms with Crippen LogP contribution < -0.4 is 4.74 Å². The molecule has 8 nitrogen and oxygen atoms in total. The fourth-order valence-corrected chi connectivity index (χ4v) is 4.48. The van der Waals surface area contributed by atoms with E-state index < -0.39 is 26.6 Å². The molecule has 0 bridgehead atoms. The van der Waals surface area contributed by atoms with Crippen molar-refractivity contribution >= 4 is 36.7 Å².